The topological polar surface area (TPSA) is 17.1 Å². The zero-order valence-corrected chi connectivity index (χ0v) is 10.2. The van der Waals surface area contributed by atoms with Gasteiger partial charge in [0.1, 0.15) is 5.78 Å². The van der Waals surface area contributed by atoms with Crippen LogP contribution in [0.5, 0.6) is 0 Å². The summed E-state index contributed by atoms with van der Waals surface area (Å²) in [5.41, 5.74) is 1.29. The molecule has 0 heterocycles. The lowest BCUT2D eigenvalue weighted by molar-refractivity contribution is -0.117. The van der Waals surface area contributed by atoms with Gasteiger partial charge >= 0.3 is 0 Å². The van der Waals surface area contributed by atoms with Crippen molar-refractivity contribution in [2.45, 2.75) is 38.5 Å². The Morgan fingerprint density at radius 1 is 1.17 bits per heavy atom. The van der Waals surface area contributed by atoms with Crippen LogP contribution in [0.25, 0.3) is 0 Å². The molecule has 1 aliphatic carbocycles. The molecule has 0 aliphatic heterocycles. The van der Waals surface area contributed by atoms with Crippen LogP contribution in [0.3, 0.4) is 0 Å². The maximum atomic E-state index is 13.4. The molecule has 2 rings (SSSR count). The van der Waals surface area contributed by atoms with E-state index < -0.39 is 11.6 Å². The maximum Gasteiger partial charge on any atom is 0.162 e. The van der Waals surface area contributed by atoms with Gasteiger partial charge in [-0.15, -0.1) is 0 Å². The molecule has 0 aromatic heterocycles. The van der Waals surface area contributed by atoms with E-state index in [1.807, 2.05) is 0 Å². The minimum atomic E-state index is -0.900. The highest BCUT2D eigenvalue weighted by Gasteiger charge is 2.13. The van der Waals surface area contributed by atoms with Gasteiger partial charge < -0.3 is 0 Å². The summed E-state index contributed by atoms with van der Waals surface area (Å²) in [5.74, 6) is -1.84. The molecule has 0 N–H and O–H groups in total. The van der Waals surface area contributed by atoms with Crippen molar-refractivity contribution in [1.29, 1.82) is 0 Å². The van der Waals surface area contributed by atoms with Crippen molar-refractivity contribution in [3.63, 3.8) is 0 Å². The summed E-state index contributed by atoms with van der Waals surface area (Å²) in [5, 5.41) is 0. The number of hydrogen-bond donors (Lipinski definition) is 0. The van der Waals surface area contributed by atoms with Crippen LogP contribution >= 0.6 is 0 Å². The van der Waals surface area contributed by atoms with Crippen LogP contribution in [-0.4, -0.2) is 5.78 Å². The zero-order chi connectivity index (χ0) is 13.0. The lowest BCUT2D eigenvalue weighted by Crippen LogP contribution is -2.07. The van der Waals surface area contributed by atoms with E-state index in [2.05, 4.69) is 6.08 Å². The van der Waals surface area contributed by atoms with Crippen LogP contribution in [0.4, 0.5) is 8.78 Å². The van der Waals surface area contributed by atoms with E-state index in [-0.39, 0.29) is 17.8 Å². The second kappa shape index (κ2) is 5.89. The summed E-state index contributed by atoms with van der Waals surface area (Å²) in [6.45, 7) is 0. The highest BCUT2D eigenvalue weighted by molar-refractivity contribution is 5.83. The van der Waals surface area contributed by atoms with E-state index in [0.29, 0.717) is 6.42 Å². The number of halogens is 2. The Labute approximate surface area is 106 Å². The van der Waals surface area contributed by atoms with E-state index >= 15 is 0 Å². The molecule has 1 aromatic rings. The number of hydrogen-bond acceptors (Lipinski definition) is 1. The summed E-state index contributed by atoms with van der Waals surface area (Å²) in [4.78, 5) is 11.8. The highest BCUT2D eigenvalue weighted by Crippen LogP contribution is 2.21. The molecule has 3 heteroatoms. The SMILES string of the molecule is O=C(CC1=CCCCC1)Cc1cccc(F)c1F. The molecular formula is C15H16F2O. The third kappa shape index (κ3) is 3.25. The van der Waals surface area contributed by atoms with Crippen LogP contribution in [0, 0.1) is 11.6 Å². The predicted molar refractivity (Wildman–Crippen MR) is 66.2 cm³/mol. The first-order valence-electron chi connectivity index (χ1n) is 6.29. The average molecular weight is 250 g/mol. The molecule has 0 spiro atoms. The molecule has 0 saturated carbocycles. The summed E-state index contributed by atoms with van der Waals surface area (Å²) in [7, 11) is 0. The second-order valence-corrected chi connectivity index (χ2v) is 4.71. The standard InChI is InChI=1S/C15H16F2O/c16-14-8-4-7-12(15(14)17)10-13(18)9-11-5-2-1-3-6-11/h4-5,7-8H,1-3,6,9-10H2. The first kappa shape index (κ1) is 12.9. The molecule has 0 radical (unpaired) electrons. The lowest BCUT2D eigenvalue weighted by Gasteiger charge is -2.12. The first-order valence-corrected chi connectivity index (χ1v) is 6.29. The van der Waals surface area contributed by atoms with Gasteiger partial charge in [0.05, 0.1) is 0 Å². The average Bonchev–Trinajstić information content (AvgIpc) is 2.36. The van der Waals surface area contributed by atoms with Gasteiger partial charge in [-0.25, -0.2) is 8.78 Å². The zero-order valence-electron chi connectivity index (χ0n) is 10.2. The fourth-order valence-electron chi connectivity index (χ4n) is 2.28. The highest BCUT2D eigenvalue weighted by atomic mass is 19.2. The number of carbonyl (C=O) groups excluding carboxylic acids is 1. The Kier molecular flexibility index (Phi) is 4.24. The smallest absolute Gasteiger partial charge is 0.162 e. The molecule has 96 valence electrons. The Balaban J connectivity index is 1.98. The van der Waals surface area contributed by atoms with Crippen LogP contribution in [0.1, 0.15) is 37.7 Å². The number of Topliss-reactive ketones (excluding diaryl/α,β-unsaturated/α-hetero) is 1. The fraction of sp³-hybridized carbons (Fsp3) is 0.400. The summed E-state index contributed by atoms with van der Waals surface area (Å²) in [6.07, 6.45) is 6.72. The van der Waals surface area contributed by atoms with Gasteiger partial charge in [-0.2, -0.15) is 0 Å². The number of benzene rings is 1. The van der Waals surface area contributed by atoms with Crippen molar-refractivity contribution in [2.24, 2.45) is 0 Å². The fourth-order valence-corrected chi connectivity index (χ4v) is 2.28. The van der Waals surface area contributed by atoms with Crippen molar-refractivity contribution in [3.8, 4) is 0 Å². The summed E-state index contributed by atoms with van der Waals surface area (Å²) >= 11 is 0. The number of allylic oxidation sites excluding steroid dienone is 2. The minimum absolute atomic E-state index is 0.0269. The van der Waals surface area contributed by atoms with Crippen molar-refractivity contribution in [2.75, 3.05) is 0 Å². The van der Waals surface area contributed by atoms with E-state index in [1.54, 1.807) is 0 Å². The van der Waals surface area contributed by atoms with Crippen molar-refractivity contribution < 1.29 is 13.6 Å². The van der Waals surface area contributed by atoms with Crippen LogP contribution in [-0.2, 0) is 11.2 Å². The second-order valence-electron chi connectivity index (χ2n) is 4.71. The van der Waals surface area contributed by atoms with Gasteiger partial charge in [0.25, 0.3) is 0 Å². The monoisotopic (exact) mass is 250 g/mol. The molecule has 0 amide bonds. The minimum Gasteiger partial charge on any atom is -0.299 e. The van der Waals surface area contributed by atoms with Gasteiger partial charge in [-0.05, 0) is 37.3 Å². The quantitative estimate of drug-likeness (QED) is 0.739. The molecular weight excluding hydrogens is 234 g/mol. The molecule has 1 nitrogen and oxygen atoms in total. The molecule has 0 unspecified atom stereocenters. The van der Waals surface area contributed by atoms with E-state index in [0.717, 1.165) is 30.9 Å². The molecule has 0 fully saturated rings. The third-order valence-electron chi connectivity index (χ3n) is 3.23. The summed E-state index contributed by atoms with van der Waals surface area (Å²) < 4.78 is 26.4. The van der Waals surface area contributed by atoms with Gasteiger partial charge in [0, 0.05) is 12.8 Å². The Hall–Kier alpha value is -1.51. The van der Waals surface area contributed by atoms with Crippen molar-refractivity contribution >= 4 is 5.78 Å². The molecule has 1 aromatic carbocycles. The number of rotatable bonds is 4. The normalized spacial score (nSPS) is 15.3. The van der Waals surface area contributed by atoms with Gasteiger partial charge in [-0.3, -0.25) is 4.79 Å². The van der Waals surface area contributed by atoms with Crippen molar-refractivity contribution in [3.05, 3.63) is 47.0 Å². The molecule has 18 heavy (non-hydrogen) atoms. The number of ketones is 1. The van der Waals surface area contributed by atoms with Crippen LogP contribution in [0.15, 0.2) is 29.8 Å². The maximum absolute atomic E-state index is 13.4. The van der Waals surface area contributed by atoms with Crippen molar-refractivity contribution in [1.82, 2.24) is 0 Å². The van der Waals surface area contributed by atoms with Gasteiger partial charge in [0.2, 0.25) is 0 Å². The molecule has 1 aliphatic rings. The van der Waals surface area contributed by atoms with E-state index in [9.17, 15) is 13.6 Å². The van der Waals surface area contributed by atoms with E-state index in [4.69, 9.17) is 0 Å². The predicted octanol–water partition coefficient (Wildman–Crippen LogP) is 3.97. The lowest BCUT2D eigenvalue weighted by atomic mass is 9.94. The Bertz CT molecular complexity index is 477. The van der Waals surface area contributed by atoms with Gasteiger partial charge in [0.15, 0.2) is 11.6 Å². The van der Waals surface area contributed by atoms with Crippen LogP contribution < -0.4 is 0 Å². The molecule has 0 saturated heterocycles. The largest absolute Gasteiger partial charge is 0.299 e. The number of carbonyl (C=O) groups is 1. The Morgan fingerprint density at radius 2 is 2.00 bits per heavy atom. The molecule has 0 bridgehead atoms. The Morgan fingerprint density at radius 3 is 2.72 bits per heavy atom. The van der Waals surface area contributed by atoms with Gasteiger partial charge in [-0.1, -0.05) is 23.8 Å². The molecule has 0 atom stereocenters. The van der Waals surface area contributed by atoms with Crippen LogP contribution in [0.2, 0.25) is 0 Å². The van der Waals surface area contributed by atoms with E-state index in [1.165, 1.54) is 18.6 Å². The first-order chi connectivity index (χ1) is 8.66. The summed E-state index contributed by atoms with van der Waals surface area (Å²) in [6, 6.07) is 3.96. The third-order valence-corrected chi connectivity index (χ3v) is 3.23.